The Morgan fingerprint density at radius 2 is 2.06 bits per heavy atom. The van der Waals surface area contributed by atoms with Gasteiger partial charge in [0.2, 0.25) is 0 Å². The standard InChI is InChI=1S/C14H31N3/c1-5-15-14-8-11-17(13(2)12-14)10-7-6-9-16(3)4/h13-15H,5-12H2,1-4H3. The maximum absolute atomic E-state index is 3.58. The van der Waals surface area contributed by atoms with Gasteiger partial charge < -0.3 is 15.1 Å². The number of nitrogens with zero attached hydrogens (tertiary/aromatic N) is 2. The van der Waals surface area contributed by atoms with Crippen LogP contribution in [0.5, 0.6) is 0 Å². The lowest BCUT2D eigenvalue weighted by molar-refractivity contribution is 0.133. The fraction of sp³-hybridized carbons (Fsp3) is 1.00. The van der Waals surface area contributed by atoms with Crippen molar-refractivity contribution in [3.05, 3.63) is 0 Å². The Labute approximate surface area is 108 Å². The Bertz CT molecular complexity index is 194. The second-order valence-corrected chi connectivity index (χ2v) is 5.67. The van der Waals surface area contributed by atoms with Gasteiger partial charge in [0.15, 0.2) is 0 Å². The van der Waals surface area contributed by atoms with E-state index >= 15 is 0 Å². The van der Waals surface area contributed by atoms with Gasteiger partial charge >= 0.3 is 0 Å². The highest BCUT2D eigenvalue weighted by Crippen LogP contribution is 2.17. The van der Waals surface area contributed by atoms with E-state index < -0.39 is 0 Å². The van der Waals surface area contributed by atoms with E-state index in [0.717, 1.165) is 18.6 Å². The molecule has 0 spiro atoms. The van der Waals surface area contributed by atoms with E-state index in [1.165, 1.54) is 45.3 Å². The maximum atomic E-state index is 3.58. The average Bonchev–Trinajstić information content (AvgIpc) is 2.27. The van der Waals surface area contributed by atoms with Crippen molar-refractivity contribution in [2.75, 3.05) is 40.3 Å². The molecule has 1 N–H and O–H groups in total. The first-order valence-corrected chi connectivity index (χ1v) is 7.25. The summed E-state index contributed by atoms with van der Waals surface area (Å²) in [5.74, 6) is 0. The van der Waals surface area contributed by atoms with Crippen LogP contribution >= 0.6 is 0 Å². The number of hydrogen-bond donors (Lipinski definition) is 1. The van der Waals surface area contributed by atoms with Crippen molar-refractivity contribution in [2.24, 2.45) is 0 Å². The molecule has 102 valence electrons. The van der Waals surface area contributed by atoms with Gasteiger partial charge in [-0.3, -0.25) is 0 Å². The summed E-state index contributed by atoms with van der Waals surface area (Å²) in [6.45, 7) is 9.49. The summed E-state index contributed by atoms with van der Waals surface area (Å²) in [5.41, 5.74) is 0. The van der Waals surface area contributed by atoms with Gasteiger partial charge in [-0.1, -0.05) is 6.92 Å². The molecule has 0 amide bonds. The van der Waals surface area contributed by atoms with Crippen LogP contribution in [0, 0.1) is 0 Å². The zero-order valence-corrected chi connectivity index (χ0v) is 12.2. The van der Waals surface area contributed by atoms with E-state index in [1.54, 1.807) is 0 Å². The lowest BCUT2D eigenvalue weighted by Crippen LogP contribution is -2.47. The lowest BCUT2D eigenvalue weighted by atomic mass is 9.98. The van der Waals surface area contributed by atoms with Crippen molar-refractivity contribution in [1.29, 1.82) is 0 Å². The van der Waals surface area contributed by atoms with Crippen molar-refractivity contribution in [2.45, 2.75) is 51.6 Å². The number of unbranched alkanes of at least 4 members (excludes halogenated alkanes) is 1. The molecule has 0 aromatic carbocycles. The predicted octanol–water partition coefficient (Wildman–Crippen LogP) is 1.79. The molecule has 0 aromatic rings. The van der Waals surface area contributed by atoms with Crippen LogP contribution in [0.3, 0.4) is 0 Å². The van der Waals surface area contributed by atoms with E-state index in [-0.39, 0.29) is 0 Å². The van der Waals surface area contributed by atoms with Crippen molar-refractivity contribution in [1.82, 2.24) is 15.1 Å². The Morgan fingerprint density at radius 1 is 1.29 bits per heavy atom. The summed E-state index contributed by atoms with van der Waals surface area (Å²) in [7, 11) is 4.31. The molecule has 1 aliphatic heterocycles. The molecule has 1 rings (SSSR count). The first-order chi connectivity index (χ1) is 8.13. The number of hydrogen-bond acceptors (Lipinski definition) is 3. The van der Waals surface area contributed by atoms with Gasteiger partial charge in [-0.2, -0.15) is 0 Å². The van der Waals surface area contributed by atoms with Crippen molar-refractivity contribution >= 4 is 0 Å². The highest BCUT2D eigenvalue weighted by atomic mass is 15.2. The van der Waals surface area contributed by atoms with Crippen LogP contribution < -0.4 is 5.32 Å². The largest absolute Gasteiger partial charge is 0.314 e. The molecule has 0 aromatic heterocycles. The molecule has 1 fully saturated rings. The van der Waals surface area contributed by atoms with Crippen LogP contribution in [-0.2, 0) is 0 Å². The molecule has 2 atom stereocenters. The quantitative estimate of drug-likeness (QED) is 0.686. The minimum Gasteiger partial charge on any atom is -0.314 e. The SMILES string of the molecule is CCNC1CCN(CCCCN(C)C)C(C)C1. The summed E-state index contributed by atoms with van der Waals surface area (Å²) in [4.78, 5) is 4.95. The molecule has 3 heteroatoms. The summed E-state index contributed by atoms with van der Waals surface area (Å²) in [6, 6.07) is 1.51. The molecule has 0 radical (unpaired) electrons. The molecule has 2 unspecified atom stereocenters. The minimum atomic E-state index is 0.757. The predicted molar refractivity (Wildman–Crippen MR) is 75.5 cm³/mol. The smallest absolute Gasteiger partial charge is 0.00939 e. The van der Waals surface area contributed by atoms with Crippen LogP contribution in [0.25, 0.3) is 0 Å². The topological polar surface area (TPSA) is 18.5 Å². The van der Waals surface area contributed by atoms with E-state index in [4.69, 9.17) is 0 Å². The van der Waals surface area contributed by atoms with Gasteiger partial charge in [0, 0.05) is 12.1 Å². The Hall–Kier alpha value is -0.120. The zero-order chi connectivity index (χ0) is 12.7. The van der Waals surface area contributed by atoms with Gasteiger partial charge in [0.1, 0.15) is 0 Å². The third-order valence-corrected chi connectivity index (χ3v) is 3.81. The molecule has 0 bridgehead atoms. The van der Waals surface area contributed by atoms with E-state index in [1.807, 2.05) is 0 Å². The van der Waals surface area contributed by atoms with E-state index in [9.17, 15) is 0 Å². The summed E-state index contributed by atoms with van der Waals surface area (Å²) >= 11 is 0. The van der Waals surface area contributed by atoms with Crippen molar-refractivity contribution in [3.63, 3.8) is 0 Å². The van der Waals surface area contributed by atoms with Crippen LogP contribution in [0.1, 0.15) is 39.5 Å². The highest BCUT2D eigenvalue weighted by Gasteiger charge is 2.23. The highest BCUT2D eigenvalue weighted by molar-refractivity contribution is 4.82. The molecular formula is C14H31N3. The molecule has 1 saturated heterocycles. The first-order valence-electron chi connectivity index (χ1n) is 7.25. The number of likely N-dealkylation sites (tertiary alicyclic amines) is 1. The fourth-order valence-electron chi connectivity index (χ4n) is 2.77. The average molecular weight is 241 g/mol. The molecule has 3 nitrogen and oxygen atoms in total. The molecular weight excluding hydrogens is 210 g/mol. The van der Waals surface area contributed by atoms with Crippen molar-refractivity contribution < 1.29 is 0 Å². The van der Waals surface area contributed by atoms with Crippen molar-refractivity contribution in [3.8, 4) is 0 Å². The van der Waals surface area contributed by atoms with Crippen LogP contribution in [0.15, 0.2) is 0 Å². The molecule has 17 heavy (non-hydrogen) atoms. The lowest BCUT2D eigenvalue weighted by Gasteiger charge is -2.38. The van der Waals surface area contributed by atoms with Crippen LogP contribution in [-0.4, -0.2) is 62.2 Å². The number of piperidine rings is 1. The van der Waals surface area contributed by atoms with Gasteiger partial charge in [0.05, 0.1) is 0 Å². The number of nitrogens with one attached hydrogen (secondary N) is 1. The van der Waals surface area contributed by atoms with Gasteiger partial charge in [0.25, 0.3) is 0 Å². The monoisotopic (exact) mass is 241 g/mol. The maximum Gasteiger partial charge on any atom is 0.00939 e. The Balaban J connectivity index is 2.14. The fourth-order valence-corrected chi connectivity index (χ4v) is 2.77. The van der Waals surface area contributed by atoms with Gasteiger partial charge in [-0.25, -0.2) is 0 Å². The summed E-state index contributed by atoms with van der Waals surface area (Å²) in [5, 5.41) is 3.58. The Kier molecular flexibility index (Phi) is 7.09. The van der Waals surface area contributed by atoms with Gasteiger partial charge in [-0.05, 0) is 72.9 Å². The van der Waals surface area contributed by atoms with Crippen LogP contribution in [0.4, 0.5) is 0 Å². The van der Waals surface area contributed by atoms with E-state index in [2.05, 4.69) is 43.1 Å². The molecule has 0 aliphatic carbocycles. The zero-order valence-electron chi connectivity index (χ0n) is 12.2. The second-order valence-electron chi connectivity index (χ2n) is 5.67. The Morgan fingerprint density at radius 3 is 2.65 bits per heavy atom. The van der Waals surface area contributed by atoms with Gasteiger partial charge in [-0.15, -0.1) is 0 Å². The molecule has 1 heterocycles. The number of rotatable bonds is 7. The third kappa shape index (κ3) is 5.84. The minimum absolute atomic E-state index is 0.757. The van der Waals surface area contributed by atoms with E-state index in [0.29, 0.717) is 0 Å². The van der Waals surface area contributed by atoms with Crippen LogP contribution in [0.2, 0.25) is 0 Å². The third-order valence-electron chi connectivity index (χ3n) is 3.81. The normalized spacial score (nSPS) is 26.6. The summed E-state index contributed by atoms with van der Waals surface area (Å²) < 4.78 is 0. The first kappa shape index (κ1) is 14.9. The molecule has 1 aliphatic rings. The molecule has 0 saturated carbocycles. The second kappa shape index (κ2) is 8.06. The summed E-state index contributed by atoms with van der Waals surface area (Å²) in [6.07, 6.45) is 5.31.